The molecule has 4 heterocycles. The zero-order chi connectivity index (χ0) is 31.8. The highest BCUT2D eigenvalue weighted by Crippen LogP contribution is 2.43. The lowest BCUT2D eigenvalue weighted by Gasteiger charge is -2.27. The highest BCUT2D eigenvalue weighted by molar-refractivity contribution is 6.06. The molecule has 7 aromatic rings. The summed E-state index contributed by atoms with van der Waals surface area (Å²) in [5.41, 5.74) is 11.1. The first-order valence-electron chi connectivity index (χ1n) is 15.4. The Hall–Kier alpha value is -4.97. The quantitative estimate of drug-likeness (QED) is 0.220. The van der Waals surface area contributed by atoms with Crippen molar-refractivity contribution in [2.45, 2.75) is 66.2 Å². The smallest absolute Gasteiger partial charge is 0.180 e. The van der Waals surface area contributed by atoms with E-state index >= 15 is 0 Å². The van der Waals surface area contributed by atoms with E-state index in [4.69, 9.17) is 19.4 Å². The van der Waals surface area contributed by atoms with Gasteiger partial charge in [-0.05, 0) is 72.2 Å². The van der Waals surface area contributed by atoms with Gasteiger partial charge in [0.2, 0.25) is 0 Å². The topological polar surface area (TPSA) is 76.5 Å². The Morgan fingerprint density at radius 2 is 1.47 bits per heavy atom. The van der Waals surface area contributed by atoms with Crippen molar-refractivity contribution < 1.29 is 9.52 Å². The average Bonchev–Trinajstić information content (AvgIpc) is 3.53. The Labute approximate surface area is 263 Å². The molecule has 0 saturated carbocycles. The Balaban J connectivity index is 1.41. The Morgan fingerprint density at radius 3 is 2.22 bits per heavy atom. The van der Waals surface area contributed by atoms with Gasteiger partial charge in [-0.15, -0.1) is 0 Å². The van der Waals surface area contributed by atoms with Gasteiger partial charge in [0.05, 0.1) is 5.69 Å². The molecule has 226 valence electrons. The fourth-order valence-corrected chi connectivity index (χ4v) is 6.22. The monoisotopic (exact) mass is 594 g/mol. The number of phenols is 1. The summed E-state index contributed by atoms with van der Waals surface area (Å²) in [6.45, 7) is 17.0. The third-order valence-electron chi connectivity index (χ3n) is 8.71. The molecule has 3 aromatic carbocycles. The molecule has 0 unspecified atom stereocenters. The number of aryl methyl sites for hydroxylation is 2. The molecule has 0 aliphatic rings. The summed E-state index contributed by atoms with van der Waals surface area (Å²) in [6.07, 6.45) is 2.04. The minimum absolute atomic E-state index is 0.0915. The molecular formula is C39H38N4O2. The van der Waals surface area contributed by atoms with Crippen LogP contribution in [0.2, 0.25) is 0 Å². The number of benzene rings is 3. The highest BCUT2D eigenvalue weighted by Gasteiger charge is 2.27. The van der Waals surface area contributed by atoms with Gasteiger partial charge in [0, 0.05) is 39.5 Å². The van der Waals surface area contributed by atoms with E-state index < -0.39 is 0 Å². The highest BCUT2D eigenvalue weighted by atomic mass is 16.3. The molecular weight excluding hydrogens is 556 g/mol. The summed E-state index contributed by atoms with van der Waals surface area (Å²) in [7, 11) is 0. The van der Waals surface area contributed by atoms with Crippen molar-refractivity contribution in [3.8, 4) is 39.4 Å². The third-order valence-corrected chi connectivity index (χ3v) is 8.71. The first-order chi connectivity index (χ1) is 21.3. The molecule has 0 fully saturated rings. The second-order valence-electron chi connectivity index (χ2n) is 14.1. The van der Waals surface area contributed by atoms with Crippen molar-refractivity contribution in [3.05, 3.63) is 102 Å². The van der Waals surface area contributed by atoms with Crippen LogP contribution in [0.4, 0.5) is 0 Å². The molecule has 0 spiro atoms. The number of fused-ring (bicyclic) bond motifs is 4. The number of hydrogen-bond donors (Lipinski definition) is 1. The van der Waals surface area contributed by atoms with Gasteiger partial charge < -0.3 is 13.9 Å². The van der Waals surface area contributed by atoms with E-state index in [1.54, 1.807) is 0 Å². The van der Waals surface area contributed by atoms with Crippen LogP contribution in [0.25, 0.3) is 61.4 Å². The van der Waals surface area contributed by atoms with Crippen molar-refractivity contribution in [3.63, 3.8) is 0 Å². The molecule has 1 N–H and O–H groups in total. The van der Waals surface area contributed by atoms with E-state index in [2.05, 4.69) is 89.3 Å². The fraction of sp³-hybridized carbons (Fsp3) is 0.256. The second-order valence-corrected chi connectivity index (χ2v) is 14.1. The molecule has 45 heavy (non-hydrogen) atoms. The lowest BCUT2D eigenvalue weighted by Crippen LogP contribution is -2.17. The van der Waals surface area contributed by atoms with Crippen molar-refractivity contribution in [1.29, 1.82) is 0 Å². The molecule has 6 nitrogen and oxygen atoms in total. The number of phenolic OH excluding ortho intramolecular Hbond substituents is 1. The lowest BCUT2D eigenvalue weighted by atomic mass is 9.78. The van der Waals surface area contributed by atoms with E-state index in [1.807, 2.05) is 49.5 Å². The third kappa shape index (κ3) is 4.76. The minimum atomic E-state index is -0.233. The Bertz CT molecular complexity index is 2280. The van der Waals surface area contributed by atoms with Gasteiger partial charge in [0.25, 0.3) is 0 Å². The minimum Gasteiger partial charge on any atom is -0.507 e. The lowest BCUT2D eigenvalue weighted by molar-refractivity contribution is 0.446. The molecule has 0 radical (unpaired) electrons. The van der Waals surface area contributed by atoms with Crippen LogP contribution in [0.5, 0.6) is 5.75 Å². The molecule has 0 saturated heterocycles. The molecule has 6 heteroatoms. The standard InChI is InChI=1S/C39H38N4O2/c1-22-32(29-20-26(38(3,4)5)21-30(35(29)44)39(6,7)8)42-37-27(16-12-18-43(22)37)24-13-11-14-25(19-24)33-36-34(41-23(2)40-33)28-15-9-10-17-31(28)45-36/h9-21,44H,1-8H3. The van der Waals surface area contributed by atoms with Gasteiger partial charge in [-0.1, -0.05) is 77.9 Å². The van der Waals surface area contributed by atoms with Crippen LogP contribution in [-0.4, -0.2) is 24.5 Å². The second kappa shape index (κ2) is 10.0. The SMILES string of the molecule is Cc1nc(-c2cccc(-c3cccn4c(C)c(-c5cc(C(C)(C)C)cc(C(C)(C)C)c5O)nc34)c2)c2oc3ccccc3c2n1. The summed E-state index contributed by atoms with van der Waals surface area (Å²) in [6, 6.07) is 24.7. The van der Waals surface area contributed by atoms with Gasteiger partial charge in [-0.3, -0.25) is 0 Å². The average molecular weight is 595 g/mol. The van der Waals surface area contributed by atoms with E-state index in [-0.39, 0.29) is 10.8 Å². The first kappa shape index (κ1) is 28.8. The van der Waals surface area contributed by atoms with Crippen LogP contribution in [0.1, 0.15) is 64.2 Å². The number of aromatic hydroxyl groups is 1. The molecule has 0 aliphatic carbocycles. The van der Waals surface area contributed by atoms with Crippen LogP contribution < -0.4 is 0 Å². The van der Waals surface area contributed by atoms with Crippen molar-refractivity contribution >= 4 is 27.7 Å². The summed E-state index contributed by atoms with van der Waals surface area (Å²) in [4.78, 5) is 14.8. The number of pyridine rings is 1. The van der Waals surface area contributed by atoms with E-state index in [0.29, 0.717) is 17.2 Å². The fourth-order valence-electron chi connectivity index (χ4n) is 6.22. The van der Waals surface area contributed by atoms with Crippen LogP contribution in [0.15, 0.2) is 83.4 Å². The van der Waals surface area contributed by atoms with Gasteiger partial charge in [0.1, 0.15) is 34.0 Å². The Morgan fingerprint density at radius 1 is 0.711 bits per heavy atom. The predicted octanol–water partition coefficient (Wildman–Crippen LogP) is 9.94. The Kier molecular flexibility index (Phi) is 6.41. The van der Waals surface area contributed by atoms with Gasteiger partial charge in [0.15, 0.2) is 5.58 Å². The molecule has 4 aromatic heterocycles. The maximum atomic E-state index is 11.7. The van der Waals surface area contributed by atoms with Crippen LogP contribution in [-0.2, 0) is 10.8 Å². The molecule has 7 rings (SSSR count). The first-order valence-corrected chi connectivity index (χ1v) is 15.4. The normalized spacial score (nSPS) is 12.5. The van der Waals surface area contributed by atoms with Crippen LogP contribution in [0, 0.1) is 13.8 Å². The molecule has 0 aliphatic heterocycles. The number of imidazole rings is 1. The molecule has 0 bridgehead atoms. The zero-order valence-corrected chi connectivity index (χ0v) is 27.1. The number of hydrogen-bond acceptors (Lipinski definition) is 5. The molecule has 0 atom stereocenters. The van der Waals surface area contributed by atoms with E-state index in [0.717, 1.165) is 67.0 Å². The number of furan rings is 1. The van der Waals surface area contributed by atoms with Gasteiger partial charge in [-0.25, -0.2) is 15.0 Å². The summed E-state index contributed by atoms with van der Waals surface area (Å²) >= 11 is 0. The maximum Gasteiger partial charge on any atom is 0.180 e. The zero-order valence-electron chi connectivity index (χ0n) is 27.1. The largest absolute Gasteiger partial charge is 0.507 e. The van der Waals surface area contributed by atoms with E-state index in [1.165, 1.54) is 5.56 Å². The maximum absolute atomic E-state index is 11.7. The number of rotatable bonds is 3. The van der Waals surface area contributed by atoms with Crippen molar-refractivity contribution in [2.75, 3.05) is 0 Å². The van der Waals surface area contributed by atoms with Crippen molar-refractivity contribution in [2.24, 2.45) is 0 Å². The van der Waals surface area contributed by atoms with Crippen LogP contribution >= 0.6 is 0 Å². The summed E-state index contributed by atoms with van der Waals surface area (Å²) in [5.74, 6) is 0.983. The predicted molar refractivity (Wildman–Crippen MR) is 183 cm³/mol. The number of para-hydroxylation sites is 1. The molecule has 0 amide bonds. The van der Waals surface area contributed by atoms with Gasteiger partial charge in [-0.2, -0.15) is 0 Å². The number of aromatic nitrogens is 4. The summed E-state index contributed by atoms with van der Waals surface area (Å²) in [5, 5.41) is 12.6. The summed E-state index contributed by atoms with van der Waals surface area (Å²) < 4.78 is 8.40. The van der Waals surface area contributed by atoms with Crippen LogP contribution in [0.3, 0.4) is 0 Å². The van der Waals surface area contributed by atoms with E-state index in [9.17, 15) is 5.11 Å². The van der Waals surface area contributed by atoms with Gasteiger partial charge >= 0.3 is 0 Å². The van der Waals surface area contributed by atoms with Crippen molar-refractivity contribution in [1.82, 2.24) is 19.4 Å². The number of nitrogens with zero attached hydrogens (tertiary/aromatic N) is 4.